The summed E-state index contributed by atoms with van der Waals surface area (Å²) in [5.74, 6) is -0.508. The van der Waals surface area contributed by atoms with Crippen molar-refractivity contribution in [2.45, 2.75) is 26.5 Å². The van der Waals surface area contributed by atoms with E-state index in [9.17, 15) is 8.78 Å². The predicted octanol–water partition coefficient (Wildman–Crippen LogP) is 4.21. The Morgan fingerprint density at radius 1 is 1.14 bits per heavy atom. The van der Waals surface area contributed by atoms with E-state index in [-0.39, 0.29) is 12.6 Å². The highest BCUT2D eigenvalue weighted by Crippen LogP contribution is 2.20. The molecule has 2 nitrogen and oxygen atoms in total. The van der Waals surface area contributed by atoms with Crippen molar-refractivity contribution in [1.29, 1.82) is 0 Å². The fourth-order valence-corrected chi connectivity index (χ4v) is 2.10. The quantitative estimate of drug-likeness (QED) is 0.860. The molecule has 21 heavy (non-hydrogen) atoms. The minimum absolute atomic E-state index is 0.0746. The van der Waals surface area contributed by atoms with Gasteiger partial charge >= 0.3 is 0 Å². The standard InChI is InChI=1S/C17H19F2NO/c1-3-20-12(2)13-5-4-6-16(9-13)21-11-14-7-8-15(18)10-17(14)19/h4-10,12,20H,3,11H2,1-2H3. The number of nitrogens with one attached hydrogen (secondary N) is 1. The van der Waals surface area contributed by atoms with Crippen LogP contribution >= 0.6 is 0 Å². The summed E-state index contributed by atoms with van der Waals surface area (Å²) in [6.45, 7) is 5.08. The van der Waals surface area contributed by atoms with Gasteiger partial charge in [-0.3, -0.25) is 0 Å². The van der Waals surface area contributed by atoms with E-state index in [0.29, 0.717) is 11.3 Å². The summed E-state index contributed by atoms with van der Waals surface area (Å²) in [5.41, 5.74) is 1.44. The zero-order valence-electron chi connectivity index (χ0n) is 12.2. The van der Waals surface area contributed by atoms with Gasteiger partial charge in [0.15, 0.2) is 0 Å². The maximum atomic E-state index is 13.5. The minimum atomic E-state index is -0.591. The van der Waals surface area contributed by atoms with Crippen LogP contribution in [0.1, 0.15) is 31.0 Å². The van der Waals surface area contributed by atoms with Gasteiger partial charge in [-0.1, -0.05) is 19.1 Å². The minimum Gasteiger partial charge on any atom is -0.489 e. The van der Waals surface area contributed by atoms with Crippen molar-refractivity contribution < 1.29 is 13.5 Å². The first kappa shape index (κ1) is 15.4. The van der Waals surface area contributed by atoms with Crippen LogP contribution in [0.3, 0.4) is 0 Å². The summed E-state index contributed by atoms with van der Waals surface area (Å²) in [4.78, 5) is 0. The van der Waals surface area contributed by atoms with Gasteiger partial charge in [-0.2, -0.15) is 0 Å². The van der Waals surface area contributed by atoms with E-state index < -0.39 is 11.6 Å². The third kappa shape index (κ3) is 4.26. The molecule has 1 atom stereocenters. The highest BCUT2D eigenvalue weighted by atomic mass is 19.1. The van der Waals surface area contributed by atoms with Crippen LogP contribution in [0.5, 0.6) is 5.75 Å². The van der Waals surface area contributed by atoms with Gasteiger partial charge in [-0.15, -0.1) is 0 Å². The summed E-state index contributed by atoms with van der Waals surface area (Å²) < 4.78 is 32.0. The molecule has 1 unspecified atom stereocenters. The molecule has 0 heterocycles. The Balaban J connectivity index is 2.04. The molecule has 0 saturated carbocycles. The molecule has 0 spiro atoms. The largest absolute Gasteiger partial charge is 0.489 e. The van der Waals surface area contributed by atoms with Gasteiger partial charge in [0.25, 0.3) is 0 Å². The van der Waals surface area contributed by atoms with Crippen molar-refractivity contribution in [2.24, 2.45) is 0 Å². The Bertz CT molecular complexity index is 601. The second-order valence-electron chi connectivity index (χ2n) is 4.88. The molecule has 0 aromatic heterocycles. The van der Waals surface area contributed by atoms with Crippen LogP contribution in [-0.4, -0.2) is 6.54 Å². The lowest BCUT2D eigenvalue weighted by molar-refractivity contribution is 0.299. The topological polar surface area (TPSA) is 21.3 Å². The monoisotopic (exact) mass is 291 g/mol. The van der Waals surface area contributed by atoms with E-state index in [1.165, 1.54) is 12.1 Å². The number of hydrogen-bond acceptors (Lipinski definition) is 2. The fraction of sp³-hybridized carbons (Fsp3) is 0.294. The van der Waals surface area contributed by atoms with Crippen LogP contribution in [0, 0.1) is 11.6 Å². The first-order valence-electron chi connectivity index (χ1n) is 7.00. The average Bonchev–Trinajstić information content (AvgIpc) is 2.47. The van der Waals surface area contributed by atoms with E-state index >= 15 is 0 Å². The zero-order chi connectivity index (χ0) is 15.2. The molecule has 2 aromatic carbocycles. The highest BCUT2D eigenvalue weighted by Gasteiger charge is 2.07. The lowest BCUT2D eigenvalue weighted by Crippen LogP contribution is -2.17. The van der Waals surface area contributed by atoms with Gasteiger partial charge in [0.1, 0.15) is 24.0 Å². The van der Waals surface area contributed by atoms with E-state index in [1.54, 1.807) is 0 Å². The smallest absolute Gasteiger partial charge is 0.132 e. The fourth-order valence-electron chi connectivity index (χ4n) is 2.10. The van der Waals surface area contributed by atoms with Crippen LogP contribution in [0.4, 0.5) is 8.78 Å². The number of hydrogen-bond donors (Lipinski definition) is 1. The summed E-state index contributed by atoms with van der Waals surface area (Å²) in [6, 6.07) is 11.4. The Hall–Kier alpha value is -1.94. The van der Waals surface area contributed by atoms with Crippen molar-refractivity contribution in [2.75, 3.05) is 6.54 Å². The molecule has 1 N–H and O–H groups in total. The summed E-state index contributed by atoms with van der Waals surface area (Å²) >= 11 is 0. The molecular weight excluding hydrogens is 272 g/mol. The van der Waals surface area contributed by atoms with Gasteiger partial charge in [0, 0.05) is 17.7 Å². The molecule has 0 radical (unpaired) electrons. The van der Waals surface area contributed by atoms with Crippen LogP contribution in [0.2, 0.25) is 0 Å². The second-order valence-corrected chi connectivity index (χ2v) is 4.88. The highest BCUT2D eigenvalue weighted by molar-refractivity contribution is 5.30. The van der Waals surface area contributed by atoms with E-state index in [2.05, 4.69) is 12.2 Å². The van der Waals surface area contributed by atoms with Crippen molar-refractivity contribution >= 4 is 0 Å². The third-order valence-corrected chi connectivity index (χ3v) is 3.28. The number of ether oxygens (including phenoxy) is 1. The lowest BCUT2D eigenvalue weighted by atomic mass is 10.1. The van der Waals surface area contributed by atoms with Crippen molar-refractivity contribution in [1.82, 2.24) is 5.32 Å². The van der Waals surface area contributed by atoms with E-state index in [0.717, 1.165) is 18.2 Å². The van der Waals surface area contributed by atoms with Crippen molar-refractivity contribution in [3.8, 4) is 5.75 Å². The Labute approximate surface area is 123 Å². The maximum Gasteiger partial charge on any atom is 0.132 e. The summed E-state index contributed by atoms with van der Waals surface area (Å²) in [5, 5.41) is 3.32. The Morgan fingerprint density at radius 3 is 2.67 bits per heavy atom. The molecule has 4 heteroatoms. The Kier molecular flexibility index (Phi) is 5.28. The van der Waals surface area contributed by atoms with Gasteiger partial charge in [-0.05, 0) is 43.3 Å². The van der Waals surface area contributed by atoms with Crippen molar-refractivity contribution in [3.05, 3.63) is 65.2 Å². The number of rotatable bonds is 6. The molecule has 0 aliphatic heterocycles. The zero-order valence-corrected chi connectivity index (χ0v) is 12.2. The summed E-state index contributed by atoms with van der Waals surface area (Å²) in [7, 11) is 0. The van der Waals surface area contributed by atoms with Gasteiger partial charge in [-0.25, -0.2) is 8.78 Å². The molecule has 0 fully saturated rings. The van der Waals surface area contributed by atoms with Crippen molar-refractivity contribution in [3.63, 3.8) is 0 Å². The molecular formula is C17H19F2NO. The van der Waals surface area contributed by atoms with Crippen LogP contribution in [-0.2, 0) is 6.61 Å². The molecule has 0 aliphatic rings. The molecule has 112 valence electrons. The van der Waals surface area contributed by atoms with Gasteiger partial charge in [0.2, 0.25) is 0 Å². The average molecular weight is 291 g/mol. The molecule has 0 aliphatic carbocycles. The number of benzene rings is 2. The van der Waals surface area contributed by atoms with Gasteiger partial charge < -0.3 is 10.1 Å². The van der Waals surface area contributed by atoms with Crippen LogP contribution in [0.25, 0.3) is 0 Å². The molecule has 0 saturated heterocycles. The molecule has 0 amide bonds. The SMILES string of the molecule is CCNC(C)c1cccc(OCc2ccc(F)cc2F)c1. The van der Waals surface area contributed by atoms with E-state index in [1.807, 2.05) is 31.2 Å². The summed E-state index contributed by atoms with van der Waals surface area (Å²) in [6.07, 6.45) is 0. The Morgan fingerprint density at radius 2 is 1.95 bits per heavy atom. The maximum absolute atomic E-state index is 13.5. The first-order chi connectivity index (χ1) is 10.1. The first-order valence-corrected chi connectivity index (χ1v) is 7.00. The van der Waals surface area contributed by atoms with Gasteiger partial charge in [0.05, 0.1) is 0 Å². The van der Waals surface area contributed by atoms with Crippen LogP contribution < -0.4 is 10.1 Å². The second kappa shape index (κ2) is 7.18. The third-order valence-electron chi connectivity index (χ3n) is 3.28. The van der Waals surface area contributed by atoms with Crippen LogP contribution in [0.15, 0.2) is 42.5 Å². The molecule has 0 bridgehead atoms. The predicted molar refractivity (Wildman–Crippen MR) is 79.2 cm³/mol. The lowest BCUT2D eigenvalue weighted by Gasteiger charge is -2.14. The number of halogens is 2. The normalized spacial score (nSPS) is 12.2. The molecule has 2 aromatic rings. The molecule has 2 rings (SSSR count). The van der Waals surface area contributed by atoms with E-state index in [4.69, 9.17) is 4.74 Å².